The molecule has 0 unspecified atom stereocenters. The monoisotopic (exact) mass is 297 g/mol. The number of hydrogen-bond donors (Lipinski definition) is 2. The fourth-order valence-electron chi connectivity index (χ4n) is 1.77. The molecule has 0 aliphatic heterocycles. The van der Waals surface area contributed by atoms with Gasteiger partial charge >= 0.3 is 5.97 Å². The number of halogens is 1. The third-order valence-electron chi connectivity index (χ3n) is 2.75. The van der Waals surface area contributed by atoms with E-state index in [1.54, 1.807) is 12.1 Å². The Morgan fingerprint density at radius 3 is 2.43 bits per heavy atom. The number of nitriles is 2. The highest BCUT2D eigenvalue weighted by Crippen LogP contribution is 2.25. The molecule has 21 heavy (non-hydrogen) atoms. The molecule has 0 heterocycles. The molecule has 5 nitrogen and oxygen atoms in total. The molecule has 2 N–H and O–H groups in total. The lowest BCUT2D eigenvalue weighted by molar-refractivity contribution is 0.0698. The lowest BCUT2D eigenvalue weighted by atomic mass is 10.1. The van der Waals surface area contributed by atoms with Gasteiger partial charge in [-0.3, -0.25) is 0 Å². The minimum Gasteiger partial charge on any atom is -0.478 e. The van der Waals surface area contributed by atoms with Crippen LogP contribution in [0.1, 0.15) is 21.5 Å². The van der Waals surface area contributed by atoms with Gasteiger partial charge in [0.05, 0.1) is 22.4 Å². The van der Waals surface area contributed by atoms with Gasteiger partial charge in [0, 0.05) is 10.7 Å². The van der Waals surface area contributed by atoms with Gasteiger partial charge in [-0.15, -0.1) is 0 Å². The first-order valence-electron chi connectivity index (χ1n) is 5.79. The molecule has 0 bridgehead atoms. The van der Waals surface area contributed by atoms with Crippen molar-refractivity contribution in [2.24, 2.45) is 0 Å². The first-order valence-corrected chi connectivity index (χ1v) is 6.17. The first-order chi connectivity index (χ1) is 10.0. The van der Waals surface area contributed by atoms with Crippen molar-refractivity contribution in [1.82, 2.24) is 0 Å². The van der Waals surface area contributed by atoms with Crippen LogP contribution in [-0.4, -0.2) is 11.1 Å². The van der Waals surface area contributed by atoms with Crippen LogP contribution in [0.2, 0.25) is 5.02 Å². The number of nitrogens with one attached hydrogen (secondary N) is 1. The summed E-state index contributed by atoms with van der Waals surface area (Å²) in [5, 5.41) is 30.2. The molecule has 2 rings (SSSR count). The maximum Gasteiger partial charge on any atom is 0.337 e. The van der Waals surface area contributed by atoms with Crippen molar-refractivity contribution in [1.29, 1.82) is 10.5 Å². The molecule has 0 aliphatic carbocycles. The van der Waals surface area contributed by atoms with Crippen LogP contribution in [-0.2, 0) is 0 Å². The molecular formula is C15H8ClN3O2. The Morgan fingerprint density at radius 1 is 1.10 bits per heavy atom. The lowest BCUT2D eigenvalue weighted by Crippen LogP contribution is -2.03. The molecular weight excluding hydrogens is 290 g/mol. The quantitative estimate of drug-likeness (QED) is 0.903. The van der Waals surface area contributed by atoms with Crippen molar-refractivity contribution in [3.8, 4) is 12.1 Å². The number of aromatic carboxylic acids is 1. The van der Waals surface area contributed by atoms with Crippen molar-refractivity contribution >= 4 is 28.9 Å². The van der Waals surface area contributed by atoms with Crippen molar-refractivity contribution in [2.75, 3.05) is 5.32 Å². The van der Waals surface area contributed by atoms with Crippen LogP contribution in [0.25, 0.3) is 0 Å². The molecule has 0 aromatic heterocycles. The highest BCUT2D eigenvalue weighted by atomic mass is 35.5. The predicted molar refractivity (Wildman–Crippen MR) is 77.6 cm³/mol. The molecule has 0 saturated carbocycles. The molecule has 0 fully saturated rings. The summed E-state index contributed by atoms with van der Waals surface area (Å²) in [5.41, 5.74) is 1.35. The van der Waals surface area contributed by atoms with Crippen molar-refractivity contribution in [2.45, 2.75) is 0 Å². The van der Waals surface area contributed by atoms with Crippen LogP contribution in [0.3, 0.4) is 0 Å². The van der Waals surface area contributed by atoms with E-state index in [0.717, 1.165) is 0 Å². The van der Waals surface area contributed by atoms with Gasteiger partial charge in [-0.1, -0.05) is 11.6 Å². The minimum absolute atomic E-state index is 0.0189. The van der Waals surface area contributed by atoms with Crippen LogP contribution in [0.5, 0.6) is 0 Å². The Morgan fingerprint density at radius 2 is 1.81 bits per heavy atom. The van der Waals surface area contributed by atoms with E-state index in [1.807, 2.05) is 12.1 Å². The van der Waals surface area contributed by atoms with Gasteiger partial charge in [0.25, 0.3) is 0 Å². The summed E-state index contributed by atoms with van der Waals surface area (Å²) >= 11 is 5.78. The second-order valence-electron chi connectivity index (χ2n) is 4.10. The van der Waals surface area contributed by atoms with Crippen molar-refractivity contribution in [3.63, 3.8) is 0 Å². The summed E-state index contributed by atoms with van der Waals surface area (Å²) in [4.78, 5) is 11.2. The standard InChI is InChI=1S/C15H8ClN3O2/c16-11-2-4-14(13(6-11)15(20)21)19-12-3-1-9(7-17)10(5-12)8-18/h1-6,19H,(H,20,21). The van der Waals surface area contributed by atoms with E-state index in [9.17, 15) is 4.79 Å². The highest BCUT2D eigenvalue weighted by molar-refractivity contribution is 6.31. The Labute approximate surface area is 125 Å². The second kappa shape index (κ2) is 5.96. The largest absolute Gasteiger partial charge is 0.478 e. The third kappa shape index (κ3) is 3.11. The minimum atomic E-state index is -1.12. The summed E-state index contributed by atoms with van der Waals surface area (Å²) < 4.78 is 0. The number of nitrogens with zero attached hydrogens (tertiary/aromatic N) is 2. The van der Waals surface area contributed by atoms with Gasteiger partial charge in [-0.25, -0.2) is 4.79 Å². The van der Waals surface area contributed by atoms with E-state index in [1.165, 1.54) is 24.3 Å². The molecule has 2 aromatic carbocycles. The summed E-state index contributed by atoms with van der Waals surface area (Å²) in [6, 6.07) is 12.8. The first kappa shape index (κ1) is 14.4. The Hall–Kier alpha value is -3.02. The molecule has 0 spiro atoms. The van der Waals surface area contributed by atoms with Gasteiger partial charge in [0.15, 0.2) is 0 Å². The zero-order chi connectivity index (χ0) is 15.4. The lowest BCUT2D eigenvalue weighted by Gasteiger charge is -2.10. The molecule has 0 atom stereocenters. The summed E-state index contributed by atoms with van der Waals surface area (Å²) in [5.74, 6) is -1.12. The number of benzene rings is 2. The molecule has 0 saturated heterocycles. The second-order valence-corrected chi connectivity index (χ2v) is 4.54. The Balaban J connectivity index is 2.42. The predicted octanol–water partition coefficient (Wildman–Crippen LogP) is 3.53. The van der Waals surface area contributed by atoms with E-state index in [-0.39, 0.29) is 16.7 Å². The SMILES string of the molecule is N#Cc1ccc(Nc2ccc(Cl)cc2C(=O)O)cc1C#N. The molecule has 0 amide bonds. The number of carboxylic acid groups (broad SMARTS) is 1. The third-order valence-corrected chi connectivity index (χ3v) is 2.99. The molecule has 0 aliphatic rings. The van der Waals surface area contributed by atoms with Gasteiger partial charge in [-0.2, -0.15) is 10.5 Å². The number of rotatable bonds is 3. The fraction of sp³-hybridized carbons (Fsp3) is 0. The topological polar surface area (TPSA) is 96.9 Å². The molecule has 6 heteroatoms. The van der Waals surface area contributed by atoms with E-state index in [4.69, 9.17) is 27.2 Å². The van der Waals surface area contributed by atoms with Crippen molar-refractivity contribution in [3.05, 3.63) is 58.1 Å². The maximum atomic E-state index is 11.2. The van der Waals surface area contributed by atoms with E-state index in [2.05, 4.69) is 5.32 Å². The summed E-state index contributed by atoms with van der Waals surface area (Å²) in [6.07, 6.45) is 0. The van der Waals surface area contributed by atoms with Gasteiger partial charge in [0.2, 0.25) is 0 Å². The van der Waals surface area contributed by atoms with E-state index in [0.29, 0.717) is 16.4 Å². The smallest absolute Gasteiger partial charge is 0.337 e. The maximum absolute atomic E-state index is 11.2. The zero-order valence-electron chi connectivity index (χ0n) is 10.6. The summed E-state index contributed by atoms with van der Waals surface area (Å²) in [7, 11) is 0. The average molecular weight is 298 g/mol. The number of carbonyl (C=O) groups is 1. The van der Waals surface area contributed by atoms with Crippen molar-refractivity contribution < 1.29 is 9.90 Å². The van der Waals surface area contributed by atoms with E-state index < -0.39 is 5.97 Å². The Kier molecular flexibility index (Phi) is 4.08. The van der Waals surface area contributed by atoms with Gasteiger partial charge in [0.1, 0.15) is 12.1 Å². The summed E-state index contributed by atoms with van der Waals surface area (Å²) in [6.45, 7) is 0. The molecule has 102 valence electrons. The number of carboxylic acids is 1. The van der Waals surface area contributed by atoms with Gasteiger partial charge in [-0.05, 0) is 36.4 Å². The fourth-order valence-corrected chi connectivity index (χ4v) is 1.94. The average Bonchev–Trinajstić information content (AvgIpc) is 2.48. The molecule has 2 aromatic rings. The van der Waals surface area contributed by atoms with E-state index >= 15 is 0 Å². The normalized spacial score (nSPS) is 9.48. The Bertz CT molecular complexity index is 804. The zero-order valence-corrected chi connectivity index (χ0v) is 11.3. The number of hydrogen-bond acceptors (Lipinski definition) is 4. The van der Waals surface area contributed by atoms with Crippen LogP contribution < -0.4 is 5.32 Å². The number of anilines is 2. The highest BCUT2D eigenvalue weighted by Gasteiger charge is 2.11. The van der Waals surface area contributed by atoms with Gasteiger partial charge < -0.3 is 10.4 Å². The van der Waals surface area contributed by atoms with Crippen LogP contribution in [0, 0.1) is 22.7 Å². The van der Waals surface area contributed by atoms with Crippen LogP contribution >= 0.6 is 11.6 Å². The van der Waals surface area contributed by atoms with Crippen LogP contribution in [0.4, 0.5) is 11.4 Å². The van der Waals surface area contributed by atoms with Crippen LogP contribution in [0.15, 0.2) is 36.4 Å². The molecule has 0 radical (unpaired) electrons.